The fraction of sp³-hybridized carbons (Fsp3) is 0. The number of para-hydroxylation sites is 1. The monoisotopic (exact) mass is 211 g/mol. The Morgan fingerprint density at radius 1 is 1.19 bits per heavy atom. The van der Waals surface area contributed by atoms with Crippen molar-refractivity contribution in [3.63, 3.8) is 0 Å². The lowest BCUT2D eigenvalue weighted by molar-refractivity contribution is -0.110. The minimum absolute atomic E-state index is 0.0672. The molecule has 0 saturated carbocycles. The van der Waals surface area contributed by atoms with Crippen LogP contribution in [-0.4, -0.2) is 5.91 Å². The van der Waals surface area contributed by atoms with Crippen molar-refractivity contribution in [2.45, 2.75) is 0 Å². The highest BCUT2D eigenvalue weighted by molar-refractivity contribution is 6.34. The first kappa shape index (κ1) is 8.97. The summed E-state index contributed by atoms with van der Waals surface area (Å²) in [7, 11) is 0. The van der Waals surface area contributed by atoms with Crippen molar-refractivity contribution >= 4 is 23.2 Å². The molecule has 3 nitrogen and oxygen atoms in total. The maximum absolute atomic E-state index is 11.7. The molecule has 2 heterocycles. The second-order valence-corrected chi connectivity index (χ2v) is 3.61. The molecular formula is C13H9NO2. The van der Waals surface area contributed by atoms with Gasteiger partial charge in [0.2, 0.25) is 0 Å². The molecule has 0 atom stereocenters. The molecule has 0 saturated heterocycles. The topological polar surface area (TPSA) is 42.2 Å². The van der Waals surface area contributed by atoms with Gasteiger partial charge in [0.25, 0.3) is 5.91 Å². The highest BCUT2D eigenvalue weighted by Crippen LogP contribution is 2.32. The van der Waals surface area contributed by atoms with E-state index in [1.165, 1.54) is 0 Å². The van der Waals surface area contributed by atoms with Crippen LogP contribution in [0.15, 0.2) is 47.3 Å². The Kier molecular flexibility index (Phi) is 1.90. The van der Waals surface area contributed by atoms with E-state index in [9.17, 15) is 4.79 Å². The Labute approximate surface area is 92.4 Å². The Morgan fingerprint density at radius 3 is 2.88 bits per heavy atom. The molecule has 1 aliphatic rings. The summed E-state index contributed by atoms with van der Waals surface area (Å²) < 4.78 is 4.97. The van der Waals surface area contributed by atoms with Crippen LogP contribution in [0.1, 0.15) is 11.1 Å². The van der Waals surface area contributed by atoms with Gasteiger partial charge in [-0.3, -0.25) is 4.79 Å². The second-order valence-electron chi connectivity index (χ2n) is 3.61. The van der Waals surface area contributed by atoms with Crippen LogP contribution in [0.3, 0.4) is 0 Å². The Hall–Kier alpha value is -2.29. The first-order chi connectivity index (χ1) is 7.84. The Balaban J connectivity index is 2.12. The highest BCUT2D eigenvalue weighted by atomic mass is 16.3. The van der Waals surface area contributed by atoms with Crippen LogP contribution in [0.4, 0.5) is 5.69 Å². The molecule has 2 aromatic rings. The molecule has 1 aromatic carbocycles. The van der Waals surface area contributed by atoms with E-state index in [4.69, 9.17) is 4.42 Å². The Morgan fingerprint density at radius 2 is 2.06 bits per heavy atom. The van der Waals surface area contributed by atoms with Gasteiger partial charge in [-0.1, -0.05) is 18.2 Å². The van der Waals surface area contributed by atoms with Gasteiger partial charge in [-0.05, 0) is 18.2 Å². The average Bonchev–Trinajstić information content (AvgIpc) is 2.89. The summed E-state index contributed by atoms with van der Waals surface area (Å²) in [6.07, 6.45) is 5.02. The van der Waals surface area contributed by atoms with Crippen LogP contribution in [0.5, 0.6) is 0 Å². The summed E-state index contributed by atoms with van der Waals surface area (Å²) in [6.45, 7) is 0. The first-order valence-corrected chi connectivity index (χ1v) is 4.99. The SMILES string of the molecule is O=C1Nc2ccccc2/C1=C\c1ccoc1. The van der Waals surface area contributed by atoms with Gasteiger partial charge in [0.15, 0.2) is 0 Å². The summed E-state index contributed by atoms with van der Waals surface area (Å²) in [6, 6.07) is 9.46. The van der Waals surface area contributed by atoms with Crippen LogP contribution < -0.4 is 5.32 Å². The summed E-state index contributed by atoms with van der Waals surface area (Å²) >= 11 is 0. The van der Waals surface area contributed by atoms with E-state index in [-0.39, 0.29) is 5.91 Å². The minimum atomic E-state index is -0.0672. The number of benzene rings is 1. The van der Waals surface area contributed by atoms with E-state index < -0.39 is 0 Å². The summed E-state index contributed by atoms with van der Waals surface area (Å²) in [5.74, 6) is -0.0672. The quantitative estimate of drug-likeness (QED) is 0.737. The molecule has 1 aliphatic heterocycles. The van der Waals surface area contributed by atoms with Crippen molar-refractivity contribution in [3.05, 3.63) is 54.0 Å². The van der Waals surface area contributed by atoms with Crippen molar-refractivity contribution < 1.29 is 9.21 Å². The molecule has 0 fully saturated rings. The van der Waals surface area contributed by atoms with Gasteiger partial charge < -0.3 is 9.73 Å². The van der Waals surface area contributed by atoms with Crippen LogP contribution in [0, 0.1) is 0 Å². The summed E-state index contributed by atoms with van der Waals surface area (Å²) in [5.41, 5.74) is 3.37. The number of hydrogen-bond donors (Lipinski definition) is 1. The third kappa shape index (κ3) is 1.34. The van der Waals surface area contributed by atoms with Gasteiger partial charge in [-0.25, -0.2) is 0 Å². The number of carbonyl (C=O) groups is 1. The van der Waals surface area contributed by atoms with Gasteiger partial charge >= 0.3 is 0 Å². The number of anilines is 1. The van der Waals surface area contributed by atoms with Crippen molar-refractivity contribution in [1.82, 2.24) is 0 Å². The van der Waals surface area contributed by atoms with E-state index in [0.29, 0.717) is 5.57 Å². The lowest BCUT2D eigenvalue weighted by Crippen LogP contribution is -2.03. The van der Waals surface area contributed by atoms with Gasteiger partial charge in [-0.15, -0.1) is 0 Å². The second kappa shape index (κ2) is 3.38. The average molecular weight is 211 g/mol. The first-order valence-electron chi connectivity index (χ1n) is 4.99. The number of amides is 1. The third-order valence-electron chi connectivity index (χ3n) is 2.56. The van der Waals surface area contributed by atoms with Gasteiger partial charge in [0, 0.05) is 22.4 Å². The van der Waals surface area contributed by atoms with E-state index >= 15 is 0 Å². The molecule has 0 spiro atoms. The van der Waals surface area contributed by atoms with Gasteiger partial charge in [0.1, 0.15) is 0 Å². The van der Waals surface area contributed by atoms with Crippen LogP contribution in [0.2, 0.25) is 0 Å². The largest absolute Gasteiger partial charge is 0.472 e. The zero-order valence-corrected chi connectivity index (χ0v) is 8.44. The van der Waals surface area contributed by atoms with Crippen molar-refractivity contribution in [3.8, 4) is 0 Å². The number of hydrogen-bond acceptors (Lipinski definition) is 2. The molecule has 1 N–H and O–H groups in total. The lowest BCUT2D eigenvalue weighted by atomic mass is 10.1. The summed E-state index contributed by atoms with van der Waals surface area (Å²) in [5, 5.41) is 2.82. The smallest absolute Gasteiger partial charge is 0.256 e. The van der Waals surface area contributed by atoms with Crippen molar-refractivity contribution in [2.24, 2.45) is 0 Å². The number of nitrogens with one attached hydrogen (secondary N) is 1. The molecule has 0 radical (unpaired) electrons. The molecule has 3 heteroatoms. The molecule has 3 rings (SSSR count). The highest BCUT2D eigenvalue weighted by Gasteiger charge is 2.23. The minimum Gasteiger partial charge on any atom is -0.472 e. The zero-order valence-electron chi connectivity index (χ0n) is 8.44. The van der Waals surface area contributed by atoms with Gasteiger partial charge in [-0.2, -0.15) is 0 Å². The maximum atomic E-state index is 11.7. The molecular weight excluding hydrogens is 202 g/mol. The van der Waals surface area contributed by atoms with Crippen LogP contribution >= 0.6 is 0 Å². The molecule has 0 unspecified atom stereocenters. The van der Waals surface area contributed by atoms with E-state index in [1.54, 1.807) is 12.5 Å². The van der Waals surface area contributed by atoms with Crippen LogP contribution in [0.25, 0.3) is 11.6 Å². The Bertz CT molecular complexity index is 567. The van der Waals surface area contributed by atoms with Crippen LogP contribution in [-0.2, 0) is 4.79 Å². The van der Waals surface area contributed by atoms with E-state index in [1.807, 2.05) is 36.4 Å². The predicted octanol–water partition coefficient (Wildman–Crippen LogP) is 2.77. The standard InChI is InChI=1S/C13H9NO2/c15-13-11(7-9-5-6-16-8-9)10-3-1-2-4-12(10)14-13/h1-8H,(H,14,15)/b11-7+. The predicted molar refractivity (Wildman–Crippen MR) is 61.7 cm³/mol. The van der Waals surface area contributed by atoms with E-state index in [2.05, 4.69) is 5.32 Å². The molecule has 16 heavy (non-hydrogen) atoms. The fourth-order valence-electron chi connectivity index (χ4n) is 1.81. The number of rotatable bonds is 1. The van der Waals surface area contributed by atoms with Crippen molar-refractivity contribution in [1.29, 1.82) is 0 Å². The lowest BCUT2D eigenvalue weighted by Gasteiger charge is -1.95. The molecule has 1 aromatic heterocycles. The molecule has 78 valence electrons. The van der Waals surface area contributed by atoms with Gasteiger partial charge in [0.05, 0.1) is 12.5 Å². The molecule has 0 aliphatic carbocycles. The van der Waals surface area contributed by atoms with Crippen molar-refractivity contribution in [2.75, 3.05) is 5.32 Å². The van der Waals surface area contributed by atoms with E-state index in [0.717, 1.165) is 16.8 Å². The number of carbonyl (C=O) groups excluding carboxylic acids is 1. The maximum Gasteiger partial charge on any atom is 0.256 e. The number of fused-ring (bicyclic) bond motifs is 1. The fourth-order valence-corrected chi connectivity index (χ4v) is 1.81. The number of furan rings is 1. The normalized spacial score (nSPS) is 16.2. The summed E-state index contributed by atoms with van der Waals surface area (Å²) in [4.78, 5) is 11.7. The third-order valence-corrected chi connectivity index (χ3v) is 2.56. The molecule has 1 amide bonds. The zero-order chi connectivity index (χ0) is 11.0. The molecule has 0 bridgehead atoms.